The van der Waals surface area contributed by atoms with Crippen molar-refractivity contribution in [1.29, 1.82) is 0 Å². The second-order valence-corrected chi connectivity index (χ2v) is 5.77. The molecule has 0 saturated heterocycles. The SMILES string of the molecule is CCCNC(c1cscc1Br)C(C(F)(F)F)C(F)(F)F. The van der Waals surface area contributed by atoms with Crippen LogP contribution >= 0.6 is 27.3 Å². The van der Waals surface area contributed by atoms with Crippen LogP contribution in [0.15, 0.2) is 15.2 Å². The average molecular weight is 384 g/mol. The van der Waals surface area contributed by atoms with Gasteiger partial charge in [-0.05, 0) is 39.8 Å². The maximum Gasteiger partial charge on any atom is 0.402 e. The Morgan fingerprint density at radius 1 is 1.15 bits per heavy atom. The number of hydrogen-bond donors (Lipinski definition) is 1. The Labute approximate surface area is 124 Å². The molecule has 0 radical (unpaired) electrons. The van der Waals surface area contributed by atoms with Gasteiger partial charge in [0.25, 0.3) is 0 Å². The van der Waals surface area contributed by atoms with Gasteiger partial charge in [0.15, 0.2) is 5.92 Å². The summed E-state index contributed by atoms with van der Waals surface area (Å²) in [6.45, 7) is 1.73. The van der Waals surface area contributed by atoms with Crippen LogP contribution in [0.5, 0.6) is 0 Å². The molecule has 0 amide bonds. The van der Waals surface area contributed by atoms with Crippen molar-refractivity contribution in [1.82, 2.24) is 5.32 Å². The van der Waals surface area contributed by atoms with Crippen LogP contribution in [-0.2, 0) is 0 Å². The fraction of sp³-hybridized carbons (Fsp3) is 0.636. The van der Waals surface area contributed by atoms with Gasteiger partial charge in [0.05, 0.1) is 6.04 Å². The van der Waals surface area contributed by atoms with Crippen LogP contribution in [0.3, 0.4) is 0 Å². The summed E-state index contributed by atoms with van der Waals surface area (Å²) in [5.41, 5.74) is -0.0249. The molecule has 1 rings (SSSR count). The molecule has 1 unspecified atom stereocenters. The summed E-state index contributed by atoms with van der Waals surface area (Å²) in [4.78, 5) is 0. The number of nitrogens with one attached hydrogen (secondary N) is 1. The zero-order chi connectivity index (χ0) is 15.6. The van der Waals surface area contributed by atoms with Crippen molar-refractivity contribution in [2.45, 2.75) is 31.7 Å². The summed E-state index contributed by atoms with van der Waals surface area (Å²) >= 11 is 4.04. The van der Waals surface area contributed by atoms with E-state index in [2.05, 4.69) is 21.2 Å². The van der Waals surface area contributed by atoms with Crippen LogP contribution in [0.25, 0.3) is 0 Å². The van der Waals surface area contributed by atoms with E-state index in [4.69, 9.17) is 0 Å². The molecule has 116 valence electrons. The molecule has 1 atom stereocenters. The Kier molecular flexibility index (Phi) is 5.91. The maximum absolute atomic E-state index is 12.8. The van der Waals surface area contributed by atoms with Crippen molar-refractivity contribution in [3.63, 3.8) is 0 Å². The summed E-state index contributed by atoms with van der Waals surface area (Å²) in [5, 5.41) is 5.11. The monoisotopic (exact) mass is 383 g/mol. The van der Waals surface area contributed by atoms with Crippen molar-refractivity contribution >= 4 is 27.3 Å². The molecule has 1 heterocycles. The largest absolute Gasteiger partial charge is 0.402 e. The number of halogens is 7. The molecule has 1 aromatic heterocycles. The zero-order valence-electron chi connectivity index (χ0n) is 10.3. The second kappa shape index (κ2) is 6.65. The molecule has 1 N–H and O–H groups in total. The molecule has 0 aromatic carbocycles. The summed E-state index contributed by atoms with van der Waals surface area (Å²) in [7, 11) is 0. The molecule has 1 aromatic rings. The first-order chi connectivity index (χ1) is 9.09. The molecule has 0 aliphatic rings. The van der Waals surface area contributed by atoms with E-state index in [0.29, 0.717) is 6.42 Å². The topological polar surface area (TPSA) is 12.0 Å². The molecule has 1 nitrogen and oxygen atoms in total. The predicted octanol–water partition coefficient (Wildman–Crippen LogP) is 5.29. The van der Waals surface area contributed by atoms with E-state index in [1.165, 1.54) is 10.8 Å². The lowest BCUT2D eigenvalue weighted by Gasteiger charge is -2.31. The minimum Gasteiger partial charge on any atom is -0.309 e. The van der Waals surface area contributed by atoms with Gasteiger partial charge < -0.3 is 5.32 Å². The lowest BCUT2D eigenvalue weighted by molar-refractivity contribution is -0.292. The molecule has 0 bridgehead atoms. The average Bonchev–Trinajstić information content (AvgIpc) is 2.66. The zero-order valence-corrected chi connectivity index (χ0v) is 12.7. The second-order valence-electron chi connectivity index (χ2n) is 4.17. The highest BCUT2D eigenvalue weighted by Gasteiger charge is 2.60. The van der Waals surface area contributed by atoms with Crippen molar-refractivity contribution in [2.75, 3.05) is 6.54 Å². The van der Waals surface area contributed by atoms with Crippen LogP contribution in [-0.4, -0.2) is 18.9 Å². The Balaban J connectivity index is 3.22. The molecular weight excluding hydrogens is 372 g/mol. The van der Waals surface area contributed by atoms with Gasteiger partial charge in [-0.3, -0.25) is 0 Å². The highest BCUT2D eigenvalue weighted by atomic mass is 79.9. The van der Waals surface area contributed by atoms with Crippen LogP contribution in [0.2, 0.25) is 0 Å². The lowest BCUT2D eigenvalue weighted by atomic mass is 9.93. The van der Waals surface area contributed by atoms with Crippen LogP contribution in [0, 0.1) is 5.92 Å². The van der Waals surface area contributed by atoms with Crippen LogP contribution < -0.4 is 5.32 Å². The Morgan fingerprint density at radius 2 is 1.70 bits per heavy atom. The third kappa shape index (κ3) is 4.36. The van der Waals surface area contributed by atoms with E-state index >= 15 is 0 Å². The van der Waals surface area contributed by atoms with E-state index < -0.39 is 24.3 Å². The summed E-state index contributed by atoms with van der Waals surface area (Å²) in [6.07, 6.45) is -10.3. The van der Waals surface area contributed by atoms with Gasteiger partial charge in [-0.1, -0.05) is 6.92 Å². The van der Waals surface area contributed by atoms with Crippen LogP contribution in [0.4, 0.5) is 26.3 Å². The number of hydrogen-bond acceptors (Lipinski definition) is 2. The van der Waals surface area contributed by atoms with Crippen LogP contribution in [0.1, 0.15) is 24.9 Å². The number of alkyl halides is 6. The van der Waals surface area contributed by atoms with Crippen molar-refractivity contribution < 1.29 is 26.3 Å². The van der Waals surface area contributed by atoms with Crippen molar-refractivity contribution in [2.24, 2.45) is 5.92 Å². The summed E-state index contributed by atoms with van der Waals surface area (Å²) < 4.78 is 77.3. The normalized spacial score (nSPS) is 14.8. The molecule has 0 aliphatic carbocycles. The quantitative estimate of drug-likeness (QED) is 0.681. The first-order valence-corrected chi connectivity index (χ1v) is 7.41. The predicted molar refractivity (Wildman–Crippen MR) is 68.7 cm³/mol. The first-order valence-electron chi connectivity index (χ1n) is 5.67. The van der Waals surface area contributed by atoms with Gasteiger partial charge in [0.1, 0.15) is 0 Å². The standard InChI is InChI=1S/C11H12BrF6NS/c1-2-3-19-8(6-4-20-5-7(6)12)9(10(13,14)15)11(16,17)18/h4-5,8-9,19H,2-3H2,1H3. The Hall–Kier alpha value is -0.280. The van der Waals surface area contributed by atoms with Gasteiger partial charge in [-0.25, -0.2) is 0 Å². The summed E-state index contributed by atoms with van der Waals surface area (Å²) in [5.74, 6) is -3.44. The first kappa shape index (κ1) is 17.8. The van der Waals surface area contributed by atoms with Crippen molar-refractivity contribution in [3.8, 4) is 0 Å². The molecule has 9 heteroatoms. The van der Waals surface area contributed by atoms with Gasteiger partial charge >= 0.3 is 12.4 Å². The molecule has 0 aliphatic heterocycles. The van der Waals surface area contributed by atoms with E-state index in [9.17, 15) is 26.3 Å². The molecule has 0 saturated carbocycles. The Morgan fingerprint density at radius 3 is 2.05 bits per heavy atom. The third-order valence-corrected chi connectivity index (χ3v) is 4.38. The minimum atomic E-state index is -5.37. The summed E-state index contributed by atoms with van der Waals surface area (Å²) in [6, 6.07) is -1.85. The highest BCUT2D eigenvalue weighted by molar-refractivity contribution is 9.10. The smallest absolute Gasteiger partial charge is 0.309 e. The van der Waals surface area contributed by atoms with Gasteiger partial charge in [-0.2, -0.15) is 37.7 Å². The van der Waals surface area contributed by atoms with Crippen molar-refractivity contribution in [3.05, 3.63) is 20.8 Å². The lowest BCUT2D eigenvalue weighted by Crippen LogP contribution is -2.46. The molecule has 0 fully saturated rings. The number of thiophene rings is 1. The highest BCUT2D eigenvalue weighted by Crippen LogP contribution is 2.48. The fourth-order valence-corrected chi connectivity index (χ4v) is 3.36. The van der Waals surface area contributed by atoms with Gasteiger partial charge in [0.2, 0.25) is 0 Å². The van der Waals surface area contributed by atoms with E-state index in [1.807, 2.05) is 0 Å². The molecule has 20 heavy (non-hydrogen) atoms. The van der Waals surface area contributed by atoms with E-state index in [0.717, 1.165) is 11.3 Å². The third-order valence-electron chi connectivity index (χ3n) is 2.63. The van der Waals surface area contributed by atoms with Gasteiger partial charge in [-0.15, -0.1) is 0 Å². The van der Waals surface area contributed by atoms with Gasteiger partial charge in [0, 0.05) is 9.85 Å². The molecule has 0 spiro atoms. The fourth-order valence-electron chi connectivity index (χ4n) is 1.78. The molecular formula is C11H12BrF6NS. The number of rotatable bonds is 5. The van der Waals surface area contributed by atoms with E-state index in [1.54, 1.807) is 6.92 Å². The Bertz CT molecular complexity index is 413. The van der Waals surface area contributed by atoms with E-state index in [-0.39, 0.29) is 16.6 Å². The maximum atomic E-state index is 12.8. The minimum absolute atomic E-state index is 0.0249.